The molecule has 1 fully saturated rings. The molecule has 6 heteroatoms. The Hall–Kier alpha value is -0.590. The summed E-state index contributed by atoms with van der Waals surface area (Å²) in [6.07, 6.45) is 2.17. The molecule has 17 heavy (non-hydrogen) atoms. The summed E-state index contributed by atoms with van der Waals surface area (Å²) >= 11 is 3.38. The summed E-state index contributed by atoms with van der Waals surface area (Å²) in [6.45, 7) is 1.47. The summed E-state index contributed by atoms with van der Waals surface area (Å²) in [6, 6.07) is 5.31. The van der Waals surface area contributed by atoms with Gasteiger partial charge in [-0.25, -0.2) is 8.42 Å². The first-order chi connectivity index (χ1) is 7.97. The molecule has 1 aromatic rings. The standard InChI is InChI=1S/C11H14BrNO3S/c1-17(14,15)9-2-3-11(10(12)6-9)13-8-4-5-16-7-8/h2-3,6,8,13H,4-5,7H2,1H3/t8-/m0/s1. The number of anilines is 1. The molecule has 1 aliphatic rings. The molecule has 0 aromatic heterocycles. The van der Waals surface area contributed by atoms with Crippen molar-refractivity contribution in [3.05, 3.63) is 22.7 Å². The zero-order valence-corrected chi connectivity index (χ0v) is 11.8. The van der Waals surface area contributed by atoms with E-state index in [1.54, 1.807) is 18.2 Å². The Morgan fingerprint density at radius 3 is 2.76 bits per heavy atom. The topological polar surface area (TPSA) is 55.4 Å². The average molecular weight is 320 g/mol. The van der Waals surface area contributed by atoms with Gasteiger partial charge < -0.3 is 10.1 Å². The van der Waals surface area contributed by atoms with Crippen molar-refractivity contribution >= 4 is 31.5 Å². The number of hydrogen-bond donors (Lipinski definition) is 1. The Morgan fingerprint density at radius 1 is 1.47 bits per heavy atom. The maximum atomic E-state index is 11.4. The van der Waals surface area contributed by atoms with E-state index in [2.05, 4.69) is 21.2 Å². The lowest BCUT2D eigenvalue weighted by atomic mass is 10.2. The Balaban J connectivity index is 2.19. The molecule has 0 bridgehead atoms. The molecular formula is C11H14BrNO3S. The molecule has 0 radical (unpaired) electrons. The second-order valence-corrected chi connectivity index (χ2v) is 6.99. The van der Waals surface area contributed by atoms with Crippen LogP contribution in [0.3, 0.4) is 0 Å². The number of ether oxygens (including phenoxy) is 1. The van der Waals surface area contributed by atoms with Crippen molar-refractivity contribution in [1.82, 2.24) is 0 Å². The van der Waals surface area contributed by atoms with Gasteiger partial charge in [0.1, 0.15) is 0 Å². The van der Waals surface area contributed by atoms with Crippen LogP contribution in [-0.2, 0) is 14.6 Å². The number of benzene rings is 1. The Labute approximate surface area is 109 Å². The Kier molecular flexibility index (Phi) is 3.75. The summed E-state index contributed by atoms with van der Waals surface area (Å²) in [4.78, 5) is 0.317. The zero-order chi connectivity index (χ0) is 12.5. The van der Waals surface area contributed by atoms with Crippen LogP contribution in [0.15, 0.2) is 27.6 Å². The average Bonchev–Trinajstić information content (AvgIpc) is 2.72. The maximum absolute atomic E-state index is 11.4. The van der Waals surface area contributed by atoms with E-state index in [4.69, 9.17) is 4.74 Å². The van der Waals surface area contributed by atoms with Gasteiger partial charge in [-0.3, -0.25) is 0 Å². The third-order valence-corrected chi connectivity index (χ3v) is 4.42. The number of sulfone groups is 1. The van der Waals surface area contributed by atoms with Crippen LogP contribution in [0.1, 0.15) is 6.42 Å². The molecule has 2 rings (SSSR count). The first kappa shape index (κ1) is 12.9. The molecule has 94 valence electrons. The fraction of sp³-hybridized carbons (Fsp3) is 0.455. The predicted molar refractivity (Wildman–Crippen MR) is 70.1 cm³/mol. The van der Waals surface area contributed by atoms with Crippen LogP contribution in [0, 0.1) is 0 Å². The number of halogens is 1. The molecule has 4 nitrogen and oxygen atoms in total. The van der Waals surface area contributed by atoms with Crippen LogP contribution in [0.2, 0.25) is 0 Å². The number of nitrogens with one attached hydrogen (secondary N) is 1. The van der Waals surface area contributed by atoms with Gasteiger partial charge in [-0.15, -0.1) is 0 Å². The monoisotopic (exact) mass is 319 g/mol. The lowest BCUT2D eigenvalue weighted by Gasteiger charge is -2.14. The van der Waals surface area contributed by atoms with Crippen molar-refractivity contribution in [2.45, 2.75) is 17.4 Å². The van der Waals surface area contributed by atoms with E-state index in [9.17, 15) is 8.42 Å². The van der Waals surface area contributed by atoms with E-state index in [1.807, 2.05) is 0 Å². The fourth-order valence-electron chi connectivity index (χ4n) is 1.71. The maximum Gasteiger partial charge on any atom is 0.175 e. The summed E-state index contributed by atoms with van der Waals surface area (Å²) in [5.41, 5.74) is 0.896. The number of rotatable bonds is 3. The van der Waals surface area contributed by atoms with E-state index in [0.717, 1.165) is 23.2 Å². The van der Waals surface area contributed by atoms with Crippen LogP contribution >= 0.6 is 15.9 Å². The predicted octanol–water partition coefficient (Wildman–Crippen LogP) is 2.05. The van der Waals surface area contributed by atoms with Crippen LogP contribution in [-0.4, -0.2) is 33.9 Å². The van der Waals surface area contributed by atoms with Crippen LogP contribution in [0.4, 0.5) is 5.69 Å². The van der Waals surface area contributed by atoms with Crippen molar-refractivity contribution < 1.29 is 13.2 Å². The van der Waals surface area contributed by atoms with Gasteiger partial charge in [0.15, 0.2) is 9.84 Å². The van der Waals surface area contributed by atoms with Crippen LogP contribution in [0.25, 0.3) is 0 Å². The second kappa shape index (κ2) is 4.96. The lowest BCUT2D eigenvalue weighted by Crippen LogP contribution is -2.19. The highest BCUT2D eigenvalue weighted by atomic mass is 79.9. The molecule has 0 amide bonds. The highest BCUT2D eigenvalue weighted by molar-refractivity contribution is 9.10. The summed E-state index contributed by atoms with van der Waals surface area (Å²) < 4.78 is 28.8. The first-order valence-corrected chi connectivity index (χ1v) is 7.99. The summed E-state index contributed by atoms with van der Waals surface area (Å²) in [7, 11) is -3.15. The summed E-state index contributed by atoms with van der Waals surface area (Å²) in [5, 5.41) is 3.32. The smallest absolute Gasteiger partial charge is 0.175 e. The molecule has 0 aliphatic carbocycles. The van der Waals surface area contributed by atoms with Gasteiger partial charge in [-0.1, -0.05) is 0 Å². The minimum absolute atomic E-state index is 0.301. The third-order valence-electron chi connectivity index (χ3n) is 2.66. The molecule has 1 heterocycles. The van der Waals surface area contributed by atoms with Crippen molar-refractivity contribution in [3.63, 3.8) is 0 Å². The lowest BCUT2D eigenvalue weighted by molar-refractivity contribution is 0.195. The van der Waals surface area contributed by atoms with Crippen LogP contribution < -0.4 is 5.32 Å². The SMILES string of the molecule is CS(=O)(=O)c1ccc(N[C@H]2CCOC2)c(Br)c1. The number of hydrogen-bond acceptors (Lipinski definition) is 4. The van der Waals surface area contributed by atoms with Crippen molar-refractivity contribution in [2.75, 3.05) is 24.8 Å². The van der Waals surface area contributed by atoms with Crippen molar-refractivity contribution in [3.8, 4) is 0 Å². The minimum atomic E-state index is -3.15. The molecule has 1 atom stereocenters. The van der Waals surface area contributed by atoms with Gasteiger partial charge in [-0.2, -0.15) is 0 Å². The third kappa shape index (κ3) is 3.20. The normalized spacial score (nSPS) is 20.5. The van der Waals surface area contributed by atoms with Gasteiger partial charge >= 0.3 is 0 Å². The molecule has 1 aliphatic heterocycles. The van der Waals surface area contributed by atoms with Gasteiger partial charge in [0.05, 0.1) is 17.5 Å². The quantitative estimate of drug-likeness (QED) is 0.926. The molecule has 0 spiro atoms. The van der Waals surface area contributed by atoms with Crippen molar-refractivity contribution in [2.24, 2.45) is 0 Å². The van der Waals surface area contributed by atoms with Gasteiger partial charge in [0.2, 0.25) is 0 Å². The Morgan fingerprint density at radius 2 is 2.24 bits per heavy atom. The van der Waals surface area contributed by atoms with Gasteiger partial charge in [0, 0.05) is 23.0 Å². The molecule has 1 saturated heterocycles. The largest absolute Gasteiger partial charge is 0.379 e. The molecule has 0 saturated carbocycles. The van der Waals surface area contributed by atoms with E-state index in [-0.39, 0.29) is 0 Å². The minimum Gasteiger partial charge on any atom is -0.379 e. The van der Waals surface area contributed by atoms with Crippen molar-refractivity contribution in [1.29, 1.82) is 0 Å². The zero-order valence-electron chi connectivity index (χ0n) is 9.44. The highest BCUT2D eigenvalue weighted by Gasteiger charge is 2.17. The van der Waals surface area contributed by atoms with E-state index in [1.165, 1.54) is 6.26 Å². The highest BCUT2D eigenvalue weighted by Crippen LogP contribution is 2.27. The van der Waals surface area contributed by atoms with Gasteiger partial charge in [0.25, 0.3) is 0 Å². The van der Waals surface area contributed by atoms with E-state index < -0.39 is 9.84 Å². The van der Waals surface area contributed by atoms with E-state index in [0.29, 0.717) is 17.5 Å². The molecule has 0 unspecified atom stereocenters. The second-order valence-electron chi connectivity index (χ2n) is 4.12. The Bertz CT molecular complexity index is 509. The van der Waals surface area contributed by atoms with Crippen LogP contribution in [0.5, 0.6) is 0 Å². The molecule has 1 N–H and O–H groups in total. The fourth-order valence-corrected chi connectivity index (χ4v) is 3.00. The summed E-state index contributed by atoms with van der Waals surface area (Å²) in [5.74, 6) is 0. The molecule has 1 aromatic carbocycles. The molecular weight excluding hydrogens is 306 g/mol. The first-order valence-electron chi connectivity index (χ1n) is 5.31. The van der Waals surface area contributed by atoms with E-state index >= 15 is 0 Å². The van der Waals surface area contributed by atoms with Gasteiger partial charge in [-0.05, 0) is 40.5 Å².